The second-order valence-corrected chi connectivity index (χ2v) is 3.12. The molecule has 1 aromatic rings. The van der Waals surface area contributed by atoms with Crippen molar-refractivity contribution in [2.75, 3.05) is 18.9 Å². The van der Waals surface area contributed by atoms with Gasteiger partial charge in [0.25, 0.3) is 0 Å². The molecule has 0 amide bonds. The lowest BCUT2D eigenvalue weighted by molar-refractivity contribution is -0.0522. The number of hydrogen-bond donors (Lipinski definition) is 2. The van der Waals surface area contributed by atoms with Crippen LogP contribution in [-0.2, 0) is 0 Å². The van der Waals surface area contributed by atoms with E-state index in [9.17, 15) is 13.2 Å². The van der Waals surface area contributed by atoms with Crippen molar-refractivity contribution in [1.82, 2.24) is 0 Å². The highest BCUT2D eigenvalue weighted by atomic mass is 19.3. The smallest absolute Gasteiger partial charge is 0.387 e. The van der Waals surface area contributed by atoms with Gasteiger partial charge in [-0.25, -0.2) is 4.39 Å². The number of nitrogens with two attached hydrogens (primary N) is 1. The lowest BCUT2D eigenvalue weighted by Gasteiger charge is -2.11. The second kappa shape index (κ2) is 6.19. The zero-order valence-corrected chi connectivity index (χ0v) is 8.83. The van der Waals surface area contributed by atoms with Crippen molar-refractivity contribution < 1.29 is 27.8 Å². The van der Waals surface area contributed by atoms with Crippen LogP contribution >= 0.6 is 0 Å². The van der Waals surface area contributed by atoms with Crippen LogP contribution in [0.15, 0.2) is 12.1 Å². The van der Waals surface area contributed by atoms with E-state index in [2.05, 4.69) is 4.74 Å². The van der Waals surface area contributed by atoms with Crippen molar-refractivity contribution in [3.05, 3.63) is 17.9 Å². The molecular weight excluding hydrogens is 239 g/mol. The molecule has 0 unspecified atom stereocenters. The molecule has 7 heteroatoms. The summed E-state index contributed by atoms with van der Waals surface area (Å²) < 4.78 is 46.1. The molecule has 96 valence electrons. The fourth-order valence-electron chi connectivity index (χ4n) is 1.11. The van der Waals surface area contributed by atoms with Crippen LogP contribution in [0.4, 0.5) is 18.9 Å². The molecule has 4 nitrogen and oxygen atoms in total. The van der Waals surface area contributed by atoms with Gasteiger partial charge in [-0.05, 0) is 0 Å². The Hall–Kier alpha value is -1.63. The third-order valence-electron chi connectivity index (χ3n) is 1.84. The van der Waals surface area contributed by atoms with E-state index in [1.165, 1.54) is 0 Å². The van der Waals surface area contributed by atoms with Crippen LogP contribution in [0.25, 0.3) is 0 Å². The van der Waals surface area contributed by atoms with Crippen molar-refractivity contribution in [3.63, 3.8) is 0 Å². The molecule has 1 rings (SSSR count). The molecule has 0 saturated heterocycles. The van der Waals surface area contributed by atoms with Gasteiger partial charge < -0.3 is 20.3 Å². The Morgan fingerprint density at radius 1 is 1.29 bits per heavy atom. The summed E-state index contributed by atoms with van der Waals surface area (Å²) in [4.78, 5) is 0. The van der Waals surface area contributed by atoms with E-state index in [0.717, 1.165) is 12.1 Å². The predicted molar refractivity (Wildman–Crippen MR) is 54.6 cm³/mol. The summed E-state index contributed by atoms with van der Waals surface area (Å²) in [7, 11) is 0. The van der Waals surface area contributed by atoms with E-state index < -0.39 is 18.2 Å². The monoisotopic (exact) mass is 251 g/mol. The Kier molecular flexibility index (Phi) is 4.89. The minimum absolute atomic E-state index is 0.0259. The van der Waals surface area contributed by atoms with Crippen LogP contribution in [0.1, 0.15) is 6.42 Å². The van der Waals surface area contributed by atoms with Gasteiger partial charge in [-0.2, -0.15) is 8.78 Å². The number of benzene rings is 1. The van der Waals surface area contributed by atoms with Crippen LogP contribution in [0.3, 0.4) is 0 Å². The summed E-state index contributed by atoms with van der Waals surface area (Å²) in [5.74, 6) is -1.58. The molecule has 0 bridgehead atoms. The Morgan fingerprint density at radius 3 is 2.59 bits per heavy atom. The molecule has 0 aromatic heterocycles. The Morgan fingerprint density at radius 2 is 2.00 bits per heavy atom. The van der Waals surface area contributed by atoms with Gasteiger partial charge >= 0.3 is 6.61 Å². The van der Waals surface area contributed by atoms with E-state index in [0.29, 0.717) is 6.42 Å². The van der Waals surface area contributed by atoms with Gasteiger partial charge in [0.1, 0.15) is 5.75 Å². The molecule has 3 N–H and O–H groups in total. The number of hydrogen-bond acceptors (Lipinski definition) is 4. The van der Waals surface area contributed by atoms with Crippen molar-refractivity contribution in [2.24, 2.45) is 0 Å². The van der Waals surface area contributed by atoms with E-state index in [1.807, 2.05) is 0 Å². The minimum Gasteiger partial charge on any atom is -0.491 e. The molecular formula is C10H12F3NO3. The van der Waals surface area contributed by atoms with Crippen LogP contribution in [0, 0.1) is 5.82 Å². The molecule has 0 fully saturated rings. The Labute approximate surface area is 95.7 Å². The summed E-state index contributed by atoms with van der Waals surface area (Å²) in [6.07, 6.45) is 0.349. The number of aliphatic hydroxyl groups is 1. The maximum atomic E-state index is 13.1. The lowest BCUT2D eigenvalue weighted by Crippen LogP contribution is -2.06. The minimum atomic E-state index is -3.13. The zero-order chi connectivity index (χ0) is 12.8. The number of halogens is 3. The first-order valence-corrected chi connectivity index (χ1v) is 4.82. The Balaban J connectivity index is 2.82. The molecule has 17 heavy (non-hydrogen) atoms. The van der Waals surface area contributed by atoms with E-state index >= 15 is 0 Å². The van der Waals surface area contributed by atoms with Gasteiger partial charge in [-0.1, -0.05) is 0 Å². The first-order valence-electron chi connectivity index (χ1n) is 4.82. The molecule has 0 aliphatic heterocycles. The van der Waals surface area contributed by atoms with Crippen LogP contribution < -0.4 is 15.2 Å². The van der Waals surface area contributed by atoms with Gasteiger partial charge in [0.15, 0.2) is 11.6 Å². The number of anilines is 1. The van der Waals surface area contributed by atoms with Crippen molar-refractivity contribution in [3.8, 4) is 11.5 Å². The Bertz CT molecular complexity index is 374. The van der Waals surface area contributed by atoms with Crippen LogP contribution in [0.2, 0.25) is 0 Å². The molecule has 0 heterocycles. The first-order chi connectivity index (χ1) is 8.04. The van der Waals surface area contributed by atoms with Gasteiger partial charge in [0, 0.05) is 25.2 Å². The lowest BCUT2D eigenvalue weighted by atomic mass is 10.2. The number of alkyl halides is 2. The topological polar surface area (TPSA) is 64.7 Å². The van der Waals surface area contributed by atoms with Crippen molar-refractivity contribution in [1.29, 1.82) is 0 Å². The number of rotatable bonds is 6. The fraction of sp³-hybridized carbons (Fsp3) is 0.400. The maximum absolute atomic E-state index is 13.1. The SMILES string of the molecule is Nc1cc(F)c(OC(F)F)cc1OCCCO. The van der Waals surface area contributed by atoms with Gasteiger partial charge in [-0.3, -0.25) is 0 Å². The fourth-order valence-corrected chi connectivity index (χ4v) is 1.11. The normalized spacial score (nSPS) is 10.6. The number of nitrogen functional groups attached to an aromatic ring is 1. The maximum Gasteiger partial charge on any atom is 0.387 e. The summed E-state index contributed by atoms with van der Waals surface area (Å²) >= 11 is 0. The van der Waals surface area contributed by atoms with Gasteiger partial charge in [0.05, 0.1) is 12.3 Å². The van der Waals surface area contributed by atoms with Gasteiger partial charge in [0.2, 0.25) is 0 Å². The molecule has 0 atom stereocenters. The third-order valence-corrected chi connectivity index (χ3v) is 1.84. The highest BCUT2D eigenvalue weighted by molar-refractivity contribution is 5.56. The highest BCUT2D eigenvalue weighted by Gasteiger charge is 2.14. The van der Waals surface area contributed by atoms with Crippen molar-refractivity contribution in [2.45, 2.75) is 13.0 Å². The van der Waals surface area contributed by atoms with E-state index in [1.54, 1.807) is 0 Å². The van der Waals surface area contributed by atoms with Gasteiger partial charge in [-0.15, -0.1) is 0 Å². The van der Waals surface area contributed by atoms with E-state index in [-0.39, 0.29) is 24.7 Å². The molecule has 0 saturated carbocycles. The van der Waals surface area contributed by atoms with Crippen molar-refractivity contribution >= 4 is 5.69 Å². The largest absolute Gasteiger partial charge is 0.491 e. The summed E-state index contributed by atoms with van der Waals surface area (Å²) in [6, 6.07) is 1.79. The average Bonchev–Trinajstić information content (AvgIpc) is 2.24. The molecule has 0 aliphatic rings. The van der Waals surface area contributed by atoms with Crippen LogP contribution in [-0.4, -0.2) is 24.9 Å². The third kappa shape index (κ3) is 4.03. The number of aliphatic hydroxyl groups excluding tert-OH is 1. The molecule has 0 spiro atoms. The second-order valence-electron chi connectivity index (χ2n) is 3.12. The molecule has 0 radical (unpaired) electrons. The molecule has 0 aliphatic carbocycles. The number of ether oxygens (including phenoxy) is 2. The quantitative estimate of drug-likeness (QED) is 0.597. The molecule has 1 aromatic carbocycles. The summed E-state index contributed by atoms with van der Waals surface area (Å²) in [5, 5.41) is 8.54. The van der Waals surface area contributed by atoms with E-state index in [4.69, 9.17) is 15.6 Å². The highest BCUT2D eigenvalue weighted by Crippen LogP contribution is 2.31. The first kappa shape index (κ1) is 13.4. The summed E-state index contributed by atoms with van der Waals surface area (Å²) in [5.41, 5.74) is 5.41. The van der Waals surface area contributed by atoms with Crippen LogP contribution in [0.5, 0.6) is 11.5 Å². The predicted octanol–water partition coefficient (Wildman–Crippen LogP) is 1.77. The standard InChI is InChI=1S/C10H12F3NO3/c11-6-4-7(14)9(16-3-1-2-15)5-8(6)17-10(12)13/h4-5,10,15H,1-3,14H2. The zero-order valence-electron chi connectivity index (χ0n) is 8.83. The summed E-state index contributed by atoms with van der Waals surface area (Å²) in [6.45, 7) is -3.07. The average molecular weight is 251 g/mol.